The van der Waals surface area contributed by atoms with Crippen molar-refractivity contribution in [1.82, 2.24) is 10.3 Å². The van der Waals surface area contributed by atoms with Gasteiger partial charge in [0.2, 0.25) is 0 Å². The Bertz CT molecular complexity index is 488. The average Bonchev–Trinajstić information content (AvgIpc) is 2.36. The molecule has 0 unspecified atom stereocenters. The summed E-state index contributed by atoms with van der Waals surface area (Å²) in [5.74, 6) is -2.09. The lowest BCUT2D eigenvalue weighted by molar-refractivity contribution is -0.122. The van der Waals surface area contributed by atoms with Crippen LogP contribution in [0.3, 0.4) is 0 Å². The average molecular weight is 268 g/mol. The van der Waals surface area contributed by atoms with E-state index in [0.717, 1.165) is 0 Å². The molecule has 1 aromatic heterocycles. The highest BCUT2D eigenvalue weighted by molar-refractivity contribution is 5.93. The van der Waals surface area contributed by atoms with Crippen LogP contribution in [0.2, 0.25) is 0 Å². The Balaban J connectivity index is 2.55. The summed E-state index contributed by atoms with van der Waals surface area (Å²) in [7, 11) is 0. The predicted molar refractivity (Wildman–Crippen MR) is 61.9 cm³/mol. The number of ether oxygens (including phenoxy) is 2. The molecule has 0 bridgehead atoms. The maximum Gasteiger partial charge on any atom is 0.413 e. The monoisotopic (exact) mass is 268 g/mol. The van der Waals surface area contributed by atoms with E-state index < -0.39 is 24.6 Å². The molecule has 102 valence electrons. The van der Waals surface area contributed by atoms with Crippen LogP contribution in [0, 0.1) is 0 Å². The third-order valence-electron chi connectivity index (χ3n) is 1.85. The molecule has 0 saturated heterocycles. The van der Waals surface area contributed by atoms with E-state index in [1.54, 1.807) is 6.92 Å². The zero-order valence-electron chi connectivity index (χ0n) is 10.1. The number of imide groups is 1. The highest BCUT2D eigenvalue weighted by Gasteiger charge is 2.14. The third-order valence-corrected chi connectivity index (χ3v) is 1.85. The number of amides is 2. The smallest absolute Gasteiger partial charge is 0.413 e. The minimum absolute atomic E-state index is 0.0611. The van der Waals surface area contributed by atoms with Gasteiger partial charge in [-0.1, -0.05) is 0 Å². The van der Waals surface area contributed by atoms with Gasteiger partial charge in [-0.2, -0.15) is 0 Å². The second-order valence-electron chi connectivity index (χ2n) is 3.21. The summed E-state index contributed by atoms with van der Waals surface area (Å²) in [5.41, 5.74) is -0.313. The second kappa shape index (κ2) is 6.94. The normalized spacial score (nSPS) is 9.53. The Morgan fingerprint density at radius 3 is 2.79 bits per heavy atom. The lowest BCUT2D eigenvalue weighted by Crippen LogP contribution is -2.34. The van der Waals surface area contributed by atoms with Crippen LogP contribution in [-0.2, 0) is 9.53 Å². The molecule has 0 radical (unpaired) electrons. The molecule has 1 aromatic rings. The van der Waals surface area contributed by atoms with Crippen molar-refractivity contribution in [2.45, 2.75) is 6.92 Å². The Morgan fingerprint density at radius 1 is 1.42 bits per heavy atom. The number of hydrogen-bond acceptors (Lipinski definition) is 6. The van der Waals surface area contributed by atoms with Crippen LogP contribution in [-0.4, -0.2) is 41.3 Å². The summed E-state index contributed by atoms with van der Waals surface area (Å²) in [5, 5.41) is 10.7. The lowest BCUT2D eigenvalue weighted by Gasteiger charge is -2.08. The van der Waals surface area contributed by atoms with Crippen molar-refractivity contribution >= 4 is 18.0 Å². The van der Waals surface area contributed by atoms with Gasteiger partial charge in [0, 0.05) is 6.20 Å². The fraction of sp³-hybridized carbons (Fsp3) is 0.273. The number of aromatic nitrogens is 1. The maximum absolute atomic E-state index is 11.3. The first-order valence-corrected chi connectivity index (χ1v) is 5.32. The summed E-state index contributed by atoms with van der Waals surface area (Å²) in [4.78, 5) is 36.6. The molecule has 0 saturated carbocycles. The van der Waals surface area contributed by atoms with E-state index >= 15 is 0 Å². The zero-order valence-corrected chi connectivity index (χ0v) is 10.1. The summed E-state index contributed by atoms with van der Waals surface area (Å²) in [6.07, 6.45) is 0.399. The zero-order chi connectivity index (χ0) is 14.3. The van der Waals surface area contributed by atoms with Crippen LogP contribution in [0.1, 0.15) is 17.4 Å². The molecule has 8 nitrogen and oxygen atoms in total. The van der Waals surface area contributed by atoms with Crippen molar-refractivity contribution in [2.75, 3.05) is 13.2 Å². The number of nitrogens with one attached hydrogen (secondary N) is 1. The van der Waals surface area contributed by atoms with Crippen molar-refractivity contribution in [2.24, 2.45) is 0 Å². The molecular weight excluding hydrogens is 256 g/mol. The molecule has 0 aliphatic rings. The van der Waals surface area contributed by atoms with Gasteiger partial charge in [-0.15, -0.1) is 0 Å². The van der Waals surface area contributed by atoms with Gasteiger partial charge in [0.15, 0.2) is 18.1 Å². The number of rotatable bonds is 5. The summed E-state index contributed by atoms with van der Waals surface area (Å²) in [6, 6.07) is 2.82. The number of alkyl carbamates (subject to hydrolysis) is 1. The van der Waals surface area contributed by atoms with E-state index in [2.05, 4.69) is 9.72 Å². The van der Waals surface area contributed by atoms with Gasteiger partial charge in [-0.25, -0.2) is 14.6 Å². The molecule has 0 fully saturated rings. The molecule has 1 heterocycles. The van der Waals surface area contributed by atoms with Gasteiger partial charge in [0.05, 0.1) is 6.61 Å². The van der Waals surface area contributed by atoms with Crippen LogP contribution >= 0.6 is 0 Å². The van der Waals surface area contributed by atoms with Gasteiger partial charge in [0.25, 0.3) is 5.91 Å². The quantitative estimate of drug-likeness (QED) is 0.795. The fourth-order valence-corrected chi connectivity index (χ4v) is 1.13. The number of pyridine rings is 1. The molecule has 2 amide bonds. The molecule has 1 rings (SSSR count). The number of carbonyl (C=O) groups is 3. The largest absolute Gasteiger partial charge is 0.481 e. The highest BCUT2D eigenvalue weighted by Crippen LogP contribution is 2.14. The Labute approximate surface area is 108 Å². The maximum atomic E-state index is 11.3. The predicted octanol–water partition coefficient (Wildman–Crippen LogP) is 0.431. The van der Waals surface area contributed by atoms with Crippen LogP contribution in [0.4, 0.5) is 4.79 Å². The topological polar surface area (TPSA) is 115 Å². The molecule has 19 heavy (non-hydrogen) atoms. The van der Waals surface area contributed by atoms with Crippen molar-refractivity contribution in [3.63, 3.8) is 0 Å². The molecule has 0 aromatic carbocycles. The molecule has 0 aliphatic heterocycles. The number of carboxylic acid groups (broad SMARTS) is 1. The summed E-state index contributed by atoms with van der Waals surface area (Å²) >= 11 is 0. The summed E-state index contributed by atoms with van der Waals surface area (Å²) in [6.45, 7) is 1.20. The third kappa shape index (κ3) is 4.62. The second-order valence-corrected chi connectivity index (χ2v) is 3.21. The number of nitrogens with zero attached hydrogens (tertiary/aromatic N) is 1. The van der Waals surface area contributed by atoms with Crippen molar-refractivity contribution < 1.29 is 29.0 Å². The van der Waals surface area contributed by atoms with E-state index in [9.17, 15) is 14.4 Å². The summed E-state index contributed by atoms with van der Waals surface area (Å²) < 4.78 is 9.47. The Morgan fingerprint density at radius 2 is 2.16 bits per heavy atom. The van der Waals surface area contributed by atoms with E-state index in [1.165, 1.54) is 18.3 Å². The van der Waals surface area contributed by atoms with Gasteiger partial charge < -0.3 is 14.6 Å². The first-order chi connectivity index (χ1) is 9.04. The first kappa shape index (κ1) is 14.4. The van der Waals surface area contributed by atoms with E-state index in [0.29, 0.717) is 0 Å². The fourth-order valence-electron chi connectivity index (χ4n) is 1.13. The standard InChI is InChI=1S/C11H12N2O6/c1-2-18-11(17)13-8(14)6-19-7-4-3-5-12-9(7)10(15)16/h3-5H,2,6H2,1H3,(H,15,16)(H,13,14,17). The molecule has 0 spiro atoms. The van der Waals surface area contributed by atoms with Crippen LogP contribution < -0.4 is 10.1 Å². The molecule has 0 aliphatic carbocycles. The Hall–Kier alpha value is -2.64. The van der Waals surface area contributed by atoms with Crippen molar-refractivity contribution in [1.29, 1.82) is 0 Å². The highest BCUT2D eigenvalue weighted by atomic mass is 16.5. The van der Waals surface area contributed by atoms with E-state index in [4.69, 9.17) is 9.84 Å². The van der Waals surface area contributed by atoms with Gasteiger partial charge in [-0.3, -0.25) is 10.1 Å². The molecule has 2 N–H and O–H groups in total. The number of carbonyl (C=O) groups excluding carboxylic acids is 2. The SMILES string of the molecule is CCOC(=O)NC(=O)COc1cccnc1C(=O)O. The Kier molecular flexibility index (Phi) is 5.27. The van der Waals surface area contributed by atoms with Crippen LogP contribution in [0.25, 0.3) is 0 Å². The van der Waals surface area contributed by atoms with E-state index in [-0.39, 0.29) is 18.1 Å². The molecule has 0 atom stereocenters. The molecule has 8 heteroatoms. The number of carboxylic acids is 1. The first-order valence-electron chi connectivity index (χ1n) is 5.32. The van der Waals surface area contributed by atoms with Gasteiger partial charge >= 0.3 is 12.1 Å². The number of hydrogen-bond donors (Lipinski definition) is 2. The minimum Gasteiger partial charge on any atom is -0.481 e. The van der Waals surface area contributed by atoms with Crippen LogP contribution in [0.15, 0.2) is 18.3 Å². The van der Waals surface area contributed by atoms with E-state index in [1.807, 2.05) is 5.32 Å². The van der Waals surface area contributed by atoms with Crippen molar-refractivity contribution in [3.8, 4) is 5.75 Å². The van der Waals surface area contributed by atoms with Gasteiger partial charge in [0.1, 0.15) is 0 Å². The van der Waals surface area contributed by atoms with Crippen LogP contribution in [0.5, 0.6) is 5.75 Å². The van der Waals surface area contributed by atoms with Gasteiger partial charge in [-0.05, 0) is 19.1 Å². The number of aromatic carboxylic acids is 1. The van der Waals surface area contributed by atoms with Crippen molar-refractivity contribution in [3.05, 3.63) is 24.0 Å². The molecular formula is C11H12N2O6. The lowest BCUT2D eigenvalue weighted by atomic mass is 10.3. The minimum atomic E-state index is -1.28.